The standard InChI is InChI=1S/C25H21F2N3O4/c1-34-21-11-7-19(8-12-21)28-23(31)14-22-24(32)30(20-9-5-17(26)6-10-20)25(33)29(22)15-16-3-2-4-18(27)13-16/h2-13,22H,14-15H2,1H3,(H,28,31)/t22-/m1/s1. The first-order chi connectivity index (χ1) is 16.4. The third-order valence-corrected chi connectivity index (χ3v) is 5.40. The van der Waals surface area contributed by atoms with E-state index in [-0.39, 0.29) is 18.7 Å². The average Bonchev–Trinajstić information content (AvgIpc) is 3.04. The van der Waals surface area contributed by atoms with E-state index >= 15 is 0 Å². The highest BCUT2D eigenvalue weighted by molar-refractivity contribution is 6.22. The molecule has 0 aliphatic carbocycles. The Hall–Kier alpha value is -4.27. The van der Waals surface area contributed by atoms with Crippen LogP contribution in [0.1, 0.15) is 12.0 Å². The smallest absolute Gasteiger partial charge is 0.332 e. The maximum Gasteiger partial charge on any atom is 0.332 e. The lowest BCUT2D eigenvalue weighted by molar-refractivity contribution is -0.124. The molecule has 9 heteroatoms. The summed E-state index contributed by atoms with van der Waals surface area (Å²) < 4.78 is 32.2. The van der Waals surface area contributed by atoms with Crippen LogP contribution in [0.2, 0.25) is 0 Å². The van der Waals surface area contributed by atoms with E-state index < -0.39 is 35.5 Å². The van der Waals surface area contributed by atoms with Gasteiger partial charge in [0.05, 0.1) is 19.2 Å². The first-order valence-electron chi connectivity index (χ1n) is 10.4. The molecule has 4 rings (SSSR count). The highest BCUT2D eigenvalue weighted by Gasteiger charge is 2.46. The monoisotopic (exact) mass is 465 g/mol. The molecule has 34 heavy (non-hydrogen) atoms. The summed E-state index contributed by atoms with van der Waals surface area (Å²) in [5, 5.41) is 2.70. The number of anilines is 2. The molecular weight excluding hydrogens is 444 g/mol. The SMILES string of the molecule is COc1ccc(NC(=O)C[C@@H]2C(=O)N(c3ccc(F)cc3)C(=O)N2Cc2cccc(F)c2)cc1. The van der Waals surface area contributed by atoms with E-state index in [1.165, 1.54) is 42.3 Å². The Morgan fingerprint density at radius 1 is 0.971 bits per heavy atom. The van der Waals surface area contributed by atoms with E-state index in [1.807, 2.05) is 0 Å². The maximum absolute atomic E-state index is 13.7. The number of amides is 4. The normalized spacial score (nSPS) is 15.6. The van der Waals surface area contributed by atoms with E-state index in [0.29, 0.717) is 17.0 Å². The molecule has 0 unspecified atom stereocenters. The van der Waals surface area contributed by atoms with Gasteiger partial charge in [0.1, 0.15) is 23.4 Å². The number of halogens is 2. The molecule has 0 spiro atoms. The number of urea groups is 1. The Morgan fingerprint density at radius 2 is 1.68 bits per heavy atom. The van der Waals surface area contributed by atoms with Crippen molar-refractivity contribution in [1.82, 2.24) is 4.90 Å². The summed E-state index contributed by atoms with van der Waals surface area (Å²) in [6.45, 7) is -0.0828. The molecule has 1 saturated heterocycles. The molecule has 7 nitrogen and oxygen atoms in total. The van der Waals surface area contributed by atoms with E-state index in [2.05, 4.69) is 5.32 Å². The number of ether oxygens (including phenoxy) is 1. The van der Waals surface area contributed by atoms with Crippen LogP contribution >= 0.6 is 0 Å². The average molecular weight is 465 g/mol. The third-order valence-electron chi connectivity index (χ3n) is 5.40. The van der Waals surface area contributed by atoms with Gasteiger partial charge in [0.15, 0.2) is 0 Å². The van der Waals surface area contributed by atoms with Gasteiger partial charge in [-0.1, -0.05) is 12.1 Å². The molecule has 1 aliphatic rings. The molecule has 4 amide bonds. The van der Waals surface area contributed by atoms with E-state index in [9.17, 15) is 23.2 Å². The fourth-order valence-electron chi connectivity index (χ4n) is 3.74. The minimum atomic E-state index is -1.13. The van der Waals surface area contributed by atoms with Crippen molar-refractivity contribution in [3.8, 4) is 5.75 Å². The molecule has 1 aliphatic heterocycles. The summed E-state index contributed by atoms with van der Waals surface area (Å²) in [5.74, 6) is -1.50. The molecule has 0 radical (unpaired) electrons. The van der Waals surface area contributed by atoms with Crippen LogP contribution in [-0.4, -0.2) is 35.9 Å². The fraction of sp³-hybridized carbons (Fsp3) is 0.160. The second kappa shape index (κ2) is 9.70. The zero-order valence-corrected chi connectivity index (χ0v) is 18.2. The van der Waals surface area contributed by atoms with E-state index in [4.69, 9.17) is 4.74 Å². The number of hydrogen-bond acceptors (Lipinski definition) is 4. The van der Waals surface area contributed by atoms with Crippen LogP contribution < -0.4 is 15.0 Å². The number of imide groups is 1. The van der Waals surface area contributed by atoms with Crippen LogP contribution in [0.25, 0.3) is 0 Å². The summed E-state index contributed by atoms with van der Waals surface area (Å²) >= 11 is 0. The van der Waals surface area contributed by atoms with Gasteiger partial charge in [0, 0.05) is 12.2 Å². The van der Waals surface area contributed by atoms with Gasteiger partial charge in [0.2, 0.25) is 5.91 Å². The van der Waals surface area contributed by atoms with Crippen LogP contribution in [0.5, 0.6) is 5.75 Å². The first kappa shape index (κ1) is 22.9. The number of hydrogen-bond donors (Lipinski definition) is 1. The molecule has 1 atom stereocenters. The second-order valence-electron chi connectivity index (χ2n) is 7.69. The van der Waals surface area contributed by atoms with Crippen LogP contribution in [0.3, 0.4) is 0 Å². The van der Waals surface area contributed by atoms with Gasteiger partial charge in [-0.25, -0.2) is 18.5 Å². The predicted octanol–water partition coefficient (Wildman–Crippen LogP) is 4.34. The number of methoxy groups -OCH3 is 1. The highest BCUT2D eigenvalue weighted by atomic mass is 19.1. The lowest BCUT2D eigenvalue weighted by Gasteiger charge is -2.21. The number of nitrogens with one attached hydrogen (secondary N) is 1. The summed E-state index contributed by atoms with van der Waals surface area (Å²) in [4.78, 5) is 41.3. The predicted molar refractivity (Wildman–Crippen MR) is 121 cm³/mol. The molecule has 0 bridgehead atoms. The minimum Gasteiger partial charge on any atom is -0.497 e. The van der Waals surface area contributed by atoms with Gasteiger partial charge < -0.3 is 15.0 Å². The van der Waals surface area contributed by atoms with Crippen LogP contribution in [-0.2, 0) is 16.1 Å². The van der Waals surface area contributed by atoms with Gasteiger partial charge in [-0.2, -0.15) is 0 Å². The molecule has 0 aromatic heterocycles. The van der Waals surface area contributed by atoms with Crippen molar-refractivity contribution in [2.45, 2.75) is 19.0 Å². The summed E-state index contributed by atoms with van der Waals surface area (Å²) in [5.41, 5.74) is 1.14. The lowest BCUT2D eigenvalue weighted by atomic mass is 10.1. The van der Waals surface area contributed by atoms with Crippen molar-refractivity contribution in [1.29, 1.82) is 0 Å². The number of carbonyl (C=O) groups excluding carboxylic acids is 3. The Bertz CT molecular complexity index is 1220. The summed E-state index contributed by atoms with van der Waals surface area (Å²) in [7, 11) is 1.52. The van der Waals surface area contributed by atoms with E-state index in [1.54, 1.807) is 30.3 Å². The molecule has 174 valence electrons. The Labute approximate surface area is 194 Å². The van der Waals surface area contributed by atoms with Gasteiger partial charge in [0.25, 0.3) is 5.91 Å². The molecule has 0 saturated carbocycles. The van der Waals surface area contributed by atoms with Gasteiger partial charge in [-0.15, -0.1) is 0 Å². The molecule has 3 aromatic rings. The fourth-order valence-corrected chi connectivity index (χ4v) is 3.74. The van der Waals surface area contributed by atoms with Crippen molar-refractivity contribution < 1.29 is 27.9 Å². The first-order valence-corrected chi connectivity index (χ1v) is 10.4. The number of nitrogens with zero attached hydrogens (tertiary/aromatic N) is 2. The molecule has 1 fully saturated rings. The second-order valence-corrected chi connectivity index (χ2v) is 7.69. The Morgan fingerprint density at radius 3 is 2.32 bits per heavy atom. The minimum absolute atomic E-state index is 0.0828. The van der Waals surface area contributed by atoms with Crippen molar-refractivity contribution in [2.75, 3.05) is 17.3 Å². The van der Waals surface area contributed by atoms with Crippen molar-refractivity contribution in [3.63, 3.8) is 0 Å². The zero-order chi connectivity index (χ0) is 24.2. The largest absolute Gasteiger partial charge is 0.497 e. The molecule has 1 N–H and O–H groups in total. The number of carbonyl (C=O) groups is 3. The number of benzene rings is 3. The quantitative estimate of drug-likeness (QED) is 0.527. The van der Waals surface area contributed by atoms with Crippen molar-refractivity contribution in [2.24, 2.45) is 0 Å². The zero-order valence-electron chi connectivity index (χ0n) is 18.2. The Balaban J connectivity index is 1.59. The van der Waals surface area contributed by atoms with Gasteiger partial charge in [-0.3, -0.25) is 9.59 Å². The summed E-state index contributed by atoms with van der Waals surface area (Å²) in [6.07, 6.45) is -0.316. The van der Waals surface area contributed by atoms with Crippen LogP contribution in [0.15, 0.2) is 72.8 Å². The van der Waals surface area contributed by atoms with Crippen molar-refractivity contribution >= 4 is 29.2 Å². The highest BCUT2D eigenvalue weighted by Crippen LogP contribution is 2.29. The molecular formula is C25H21F2N3O4. The van der Waals surface area contributed by atoms with E-state index in [0.717, 1.165) is 17.0 Å². The lowest BCUT2D eigenvalue weighted by Crippen LogP contribution is -2.37. The van der Waals surface area contributed by atoms with Crippen LogP contribution in [0, 0.1) is 11.6 Å². The molecule has 3 aromatic carbocycles. The van der Waals surface area contributed by atoms with Gasteiger partial charge >= 0.3 is 6.03 Å². The number of rotatable bonds is 7. The van der Waals surface area contributed by atoms with Crippen molar-refractivity contribution in [3.05, 3.63) is 90.0 Å². The third kappa shape index (κ3) is 4.88. The maximum atomic E-state index is 13.7. The topological polar surface area (TPSA) is 79.0 Å². The molecule has 1 heterocycles. The van der Waals surface area contributed by atoms with Gasteiger partial charge in [-0.05, 0) is 66.2 Å². The summed E-state index contributed by atoms with van der Waals surface area (Å²) in [6, 6.07) is 15.4. The Kier molecular flexibility index (Phi) is 6.53. The van der Waals surface area contributed by atoms with Crippen LogP contribution in [0.4, 0.5) is 25.0 Å².